The molecule has 1 aromatic carbocycles. The molecule has 0 saturated heterocycles. The van der Waals surface area contributed by atoms with Crippen LogP contribution in [-0.2, 0) is 19.6 Å². The van der Waals surface area contributed by atoms with Crippen LogP contribution in [-0.4, -0.2) is 36.8 Å². The molecule has 3 N–H and O–H groups in total. The van der Waals surface area contributed by atoms with E-state index in [1.165, 1.54) is 6.07 Å². The molecule has 0 aliphatic carbocycles. The molecular weight excluding hydrogens is 278 g/mol. The number of aliphatic carboxylic acids is 1. The number of carboxylic acids is 1. The molecule has 0 aliphatic heterocycles. The fourth-order valence-corrected chi connectivity index (χ4v) is 1.71. The second-order valence-corrected chi connectivity index (χ2v) is 5.35. The van der Waals surface area contributed by atoms with Gasteiger partial charge in [-0.1, -0.05) is 0 Å². The number of benzene rings is 1. The number of sulfonamides is 1. The number of ether oxygens (including phenoxy) is 1. The Bertz CT molecular complexity index is 608. The Morgan fingerprint density at radius 1 is 1.37 bits per heavy atom. The molecule has 0 heterocycles. The summed E-state index contributed by atoms with van der Waals surface area (Å²) in [7, 11) is -3.52. The second-order valence-electron chi connectivity index (χ2n) is 3.60. The number of carbonyl (C=O) groups excluding carboxylic acids is 1. The van der Waals surface area contributed by atoms with Gasteiger partial charge in [0.2, 0.25) is 10.0 Å². The molecule has 9 heteroatoms. The Kier molecular flexibility index (Phi) is 4.33. The van der Waals surface area contributed by atoms with E-state index in [2.05, 4.69) is 9.46 Å². The maximum atomic E-state index is 11.1. The molecule has 1 rings (SSSR count). The first-order valence-electron chi connectivity index (χ1n) is 4.90. The molecule has 0 radical (unpaired) electrons. The average Bonchev–Trinajstić information content (AvgIpc) is 2.19. The molecule has 0 spiro atoms. The Morgan fingerprint density at radius 3 is 2.53 bits per heavy atom. The third-order valence-corrected chi connectivity index (χ3v) is 2.39. The van der Waals surface area contributed by atoms with Crippen LogP contribution >= 0.6 is 0 Å². The lowest BCUT2D eigenvalue weighted by Gasteiger charge is -2.08. The minimum Gasteiger partial charge on any atom is -0.504 e. The largest absolute Gasteiger partial charge is 0.504 e. The van der Waals surface area contributed by atoms with Crippen molar-refractivity contribution in [2.45, 2.75) is 6.42 Å². The van der Waals surface area contributed by atoms with E-state index in [0.29, 0.717) is 0 Å². The third kappa shape index (κ3) is 5.25. The molecule has 104 valence electrons. The highest BCUT2D eigenvalue weighted by atomic mass is 32.2. The van der Waals surface area contributed by atoms with E-state index >= 15 is 0 Å². The van der Waals surface area contributed by atoms with E-state index in [4.69, 9.17) is 5.11 Å². The van der Waals surface area contributed by atoms with Gasteiger partial charge >= 0.3 is 11.9 Å². The van der Waals surface area contributed by atoms with Gasteiger partial charge in [0.25, 0.3) is 0 Å². The molecule has 0 atom stereocenters. The van der Waals surface area contributed by atoms with Gasteiger partial charge in [-0.2, -0.15) is 0 Å². The summed E-state index contributed by atoms with van der Waals surface area (Å²) in [6.07, 6.45) is 0.0547. The SMILES string of the molecule is CS(=O)(=O)Nc1ccc(O)c(OC(=O)CC(=O)O)c1. The van der Waals surface area contributed by atoms with Crippen molar-refractivity contribution in [3.8, 4) is 11.5 Å². The summed E-state index contributed by atoms with van der Waals surface area (Å²) in [5.41, 5.74) is 0.0680. The first kappa shape index (κ1) is 14.8. The van der Waals surface area contributed by atoms with E-state index < -0.39 is 34.1 Å². The van der Waals surface area contributed by atoms with Gasteiger partial charge in [0.1, 0.15) is 6.42 Å². The Hall–Kier alpha value is -2.29. The minimum absolute atomic E-state index is 0.0680. The number of phenolic OH excluding ortho intramolecular Hbond substituents is 1. The molecule has 19 heavy (non-hydrogen) atoms. The van der Waals surface area contributed by atoms with Crippen molar-refractivity contribution in [2.24, 2.45) is 0 Å². The van der Waals surface area contributed by atoms with E-state index in [1.54, 1.807) is 0 Å². The van der Waals surface area contributed by atoms with Crippen molar-refractivity contribution in [1.29, 1.82) is 0 Å². The van der Waals surface area contributed by atoms with Crippen molar-refractivity contribution < 1.29 is 33.0 Å². The molecular formula is C10H11NO7S. The number of esters is 1. The van der Waals surface area contributed by atoms with Gasteiger partial charge in [-0.3, -0.25) is 14.3 Å². The summed E-state index contributed by atoms with van der Waals surface area (Å²) in [4.78, 5) is 21.4. The van der Waals surface area contributed by atoms with E-state index in [-0.39, 0.29) is 11.4 Å². The van der Waals surface area contributed by atoms with Crippen LogP contribution in [0.2, 0.25) is 0 Å². The zero-order valence-electron chi connectivity index (χ0n) is 9.78. The lowest BCUT2D eigenvalue weighted by Crippen LogP contribution is -2.14. The summed E-state index contributed by atoms with van der Waals surface area (Å²) in [6, 6.07) is 3.43. The van der Waals surface area contributed by atoms with Crippen molar-refractivity contribution >= 4 is 27.6 Å². The first-order chi connectivity index (χ1) is 8.67. The fourth-order valence-electron chi connectivity index (χ4n) is 1.16. The number of carboxylic acid groups (broad SMARTS) is 1. The zero-order chi connectivity index (χ0) is 14.6. The van der Waals surface area contributed by atoms with Crippen LogP contribution in [0.25, 0.3) is 0 Å². The summed E-state index contributed by atoms with van der Waals surface area (Å²) in [6.45, 7) is 0. The highest BCUT2D eigenvalue weighted by Gasteiger charge is 2.14. The molecule has 0 amide bonds. The molecule has 0 unspecified atom stereocenters. The lowest BCUT2D eigenvalue weighted by atomic mass is 10.3. The smallest absolute Gasteiger partial charge is 0.322 e. The summed E-state index contributed by atoms with van der Waals surface area (Å²) >= 11 is 0. The van der Waals surface area contributed by atoms with Crippen molar-refractivity contribution in [3.05, 3.63) is 18.2 Å². The van der Waals surface area contributed by atoms with Gasteiger partial charge in [0, 0.05) is 6.07 Å². The topological polar surface area (TPSA) is 130 Å². The normalized spacial score (nSPS) is 10.8. The fraction of sp³-hybridized carbons (Fsp3) is 0.200. The van der Waals surface area contributed by atoms with Crippen LogP contribution in [0.1, 0.15) is 6.42 Å². The molecule has 1 aromatic rings. The third-order valence-electron chi connectivity index (χ3n) is 1.78. The summed E-state index contributed by atoms with van der Waals surface area (Å²) in [5.74, 6) is -3.22. The van der Waals surface area contributed by atoms with Crippen LogP contribution in [0, 0.1) is 0 Å². The predicted molar refractivity (Wildman–Crippen MR) is 64.5 cm³/mol. The first-order valence-corrected chi connectivity index (χ1v) is 6.80. The molecule has 0 aromatic heterocycles. The Labute approximate surface area is 108 Å². The standard InChI is InChI=1S/C10H11NO7S/c1-19(16,17)11-6-2-3-7(12)8(4-6)18-10(15)5-9(13)14/h2-4,11-12H,5H2,1H3,(H,13,14). The number of carbonyl (C=O) groups is 2. The van der Waals surface area contributed by atoms with E-state index in [9.17, 15) is 23.1 Å². The van der Waals surface area contributed by atoms with Gasteiger partial charge in [-0.25, -0.2) is 8.42 Å². The van der Waals surface area contributed by atoms with Crippen LogP contribution in [0.3, 0.4) is 0 Å². The molecule has 8 nitrogen and oxygen atoms in total. The quantitative estimate of drug-likeness (QED) is 0.304. The maximum absolute atomic E-state index is 11.1. The Balaban J connectivity index is 2.91. The molecule has 0 aliphatic rings. The highest BCUT2D eigenvalue weighted by Crippen LogP contribution is 2.29. The number of phenols is 1. The number of nitrogens with one attached hydrogen (secondary N) is 1. The van der Waals surface area contributed by atoms with E-state index in [1.807, 2.05) is 0 Å². The van der Waals surface area contributed by atoms with Gasteiger partial charge in [-0.05, 0) is 12.1 Å². The number of aromatic hydroxyl groups is 1. The highest BCUT2D eigenvalue weighted by molar-refractivity contribution is 7.92. The number of hydrogen-bond donors (Lipinski definition) is 3. The molecule has 0 fully saturated rings. The summed E-state index contributed by atoms with van der Waals surface area (Å²) in [5, 5.41) is 17.8. The number of anilines is 1. The van der Waals surface area contributed by atoms with Gasteiger partial charge in [0.05, 0.1) is 11.9 Å². The van der Waals surface area contributed by atoms with E-state index in [0.717, 1.165) is 18.4 Å². The van der Waals surface area contributed by atoms with Crippen molar-refractivity contribution in [2.75, 3.05) is 11.0 Å². The summed E-state index contributed by atoms with van der Waals surface area (Å²) < 4.78 is 28.7. The number of rotatable bonds is 5. The predicted octanol–water partition coefficient (Wildman–Crippen LogP) is 0.144. The van der Waals surface area contributed by atoms with Crippen molar-refractivity contribution in [3.63, 3.8) is 0 Å². The zero-order valence-corrected chi connectivity index (χ0v) is 10.6. The Morgan fingerprint density at radius 2 is 2.00 bits per heavy atom. The molecule has 0 saturated carbocycles. The van der Waals surface area contributed by atoms with Crippen LogP contribution in [0.5, 0.6) is 11.5 Å². The van der Waals surface area contributed by atoms with Crippen LogP contribution in [0.15, 0.2) is 18.2 Å². The van der Waals surface area contributed by atoms with Crippen LogP contribution < -0.4 is 9.46 Å². The van der Waals surface area contributed by atoms with Gasteiger partial charge in [-0.15, -0.1) is 0 Å². The minimum atomic E-state index is -3.52. The number of hydrogen-bond acceptors (Lipinski definition) is 6. The van der Waals surface area contributed by atoms with Gasteiger partial charge in [0.15, 0.2) is 11.5 Å². The maximum Gasteiger partial charge on any atom is 0.322 e. The van der Waals surface area contributed by atoms with Gasteiger partial charge < -0.3 is 14.9 Å². The second kappa shape index (κ2) is 5.57. The monoisotopic (exact) mass is 289 g/mol. The molecule has 0 bridgehead atoms. The average molecular weight is 289 g/mol. The lowest BCUT2D eigenvalue weighted by molar-refractivity contribution is -0.145. The van der Waals surface area contributed by atoms with Crippen molar-refractivity contribution in [1.82, 2.24) is 0 Å². The van der Waals surface area contributed by atoms with Crippen LogP contribution in [0.4, 0.5) is 5.69 Å².